The number of rotatable bonds is 5. The van der Waals surface area contributed by atoms with Crippen molar-refractivity contribution in [1.29, 1.82) is 0 Å². The highest BCUT2D eigenvalue weighted by atomic mass is 16.2. The molecule has 0 spiro atoms. The Balaban J connectivity index is 1.37. The molecule has 0 aromatic heterocycles. The van der Waals surface area contributed by atoms with Crippen molar-refractivity contribution in [2.45, 2.75) is 26.2 Å². The summed E-state index contributed by atoms with van der Waals surface area (Å²) in [4.78, 5) is 25.0. The smallest absolute Gasteiger partial charge is 0.271 e. The Morgan fingerprint density at radius 3 is 2.06 bits per heavy atom. The van der Waals surface area contributed by atoms with Gasteiger partial charge in [0.15, 0.2) is 0 Å². The van der Waals surface area contributed by atoms with Gasteiger partial charge in [0, 0.05) is 22.4 Å². The number of carbonyl (C=O) groups is 2. The van der Waals surface area contributed by atoms with Crippen LogP contribution in [0.1, 0.15) is 52.6 Å². The quantitative estimate of drug-likeness (QED) is 0.283. The van der Waals surface area contributed by atoms with Crippen LogP contribution in [0.25, 0.3) is 10.8 Å². The monoisotopic (exact) mass is 449 g/mol. The number of carbonyl (C=O) groups excluding carboxylic acids is 2. The fraction of sp³-hybridized carbons (Fsp3) is 0.138. The molecular weight excluding hydrogens is 422 g/mol. The number of hydrazone groups is 1. The maximum absolute atomic E-state index is 12.6. The van der Waals surface area contributed by atoms with Gasteiger partial charge in [0.2, 0.25) is 0 Å². The number of nitrogens with zero attached hydrogens (tertiary/aromatic N) is 1. The first-order valence-corrected chi connectivity index (χ1v) is 11.1. The molecule has 4 aromatic rings. The van der Waals surface area contributed by atoms with Crippen LogP contribution in [-0.4, -0.2) is 18.0 Å². The maximum Gasteiger partial charge on any atom is 0.271 e. The minimum absolute atomic E-state index is 0.0321. The summed E-state index contributed by atoms with van der Waals surface area (Å²) in [5.74, 6) is -0.524. The third kappa shape index (κ3) is 5.38. The van der Waals surface area contributed by atoms with Gasteiger partial charge >= 0.3 is 0 Å². The van der Waals surface area contributed by atoms with E-state index in [1.165, 1.54) is 5.56 Å². The van der Waals surface area contributed by atoms with E-state index < -0.39 is 0 Å². The summed E-state index contributed by atoms with van der Waals surface area (Å²) < 4.78 is 0. The van der Waals surface area contributed by atoms with E-state index in [0.29, 0.717) is 16.8 Å². The summed E-state index contributed by atoms with van der Waals surface area (Å²) in [5.41, 5.74) is 6.32. The summed E-state index contributed by atoms with van der Waals surface area (Å²) in [7, 11) is 0. The topological polar surface area (TPSA) is 70.6 Å². The first-order chi connectivity index (χ1) is 16.3. The molecule has 2 N–H and O–H groups in total. The summed E-state index contributed by atoms with van der Waals surface area (Å²) in [6, 6.07) is 28.3. The van der Waals surface area contributed by atoms with Crippen molar-refractivity contribution in [1.82, 2.24) is 5.43 Å². The van der Waals surface area contributed by atoms with Gasteiger partial charge in [-0.15, -0.1) is 0 Å². The van der Waals surface area contributed by atoms with Crippen molar-refractivity contribution < 1.29 is 9.59 Å². The highest BCUT2D eigenvalue weighted by Gasteiger charge is 2.14. The third-order valence-electron chi connectivity index (χ3n) is 5.61. The predicted octanol–water partition coefficient (Wildman–Crippen LogP) is 6.15. The van der Waals surface area contributed by atoms with Gasteiger partial charge < -0.3 is 5.32 Å². The van der Waals surface area contributed by atoms with Crippen molar-refractivity contribution in [2.24, 2.45) is 5.10 Å². The van der Waals surface area contributed by atoms with Gasteiger partial charge in [0.1, 0.15) is 0 Å². The molecule has 0 aliphatic heterocycles. The van der Waals surface area contributed by atoms with E-state index in [2.05, 4.69) is 36.6 Å². The van der Waals surface area contributed by atoms with Crippen LogP contribution in [0.15, 0.2) is 96.1 Å². The standard InChI is InChI=1S/C29H27N3O2/c1-29(2,3)24-15-11-21(12-16-24)27(33)31-25-17-13-22(14-18-25)28(34)32-30-19-23-9-6-8-20-7-4-5-10-26(20)23/h4-19H,1-3H3,(H,31,33)(H,32,34)/b30-19+. The highest BCUT2D eigenvalue weighted by Crippen LogP contribution is 2.22. The average Bonchev–Trinajstić information content (AvgIpc) is 2.84. The van der Waals surface area contributed by atoms with Crippen LogP contribution in [0.2, 0.25) is 0 Å². The van der Waals surface area contributed by atoms with Crippen LogP contribution in [0.3, 0.4) is 0 Å². The van der Waals surface area contributed by atoms with Gasteiger partial charge in [0.25, 0.3) is 11.8 Å². The number of anilines is 1. The fourth-order valence-electron chi connectivity index (χ4n) is 3.62. The number of benzene rings is 4. The molecule has 0 aliphatic carbocycles. The number of hydrogen-bond donors (Lipinski definition) is 2. The molecule has 4 rings (SSSR count). The van der Waals surface area contributed by atoms with Crippen LogP contribution < -0.4 is 10.7 Å². The Morgan fingerprint density at radius 2 is 1.35 bits per heavy atom. The molecule has 5 heteroatoms. The van der Waals surface area contributed by atoms with Crippen molar-refractivity contribution in [3.05, 3.63) is 113 Å². The minimum atomic E-state index is -0.327. The van der Waals surface area contributed by atoms with E-state index in [1.807, 2.05) is 66.7 Å². The summed E-state index contributed by atoms with van der Waals surface area (Å²) in [6.07, 6.45) is 1.64. The van der Waals surface area contributed by atoms with Crippen molar-refractivity contribution in [2.75, 3.05) is 5.32 Å². The van der Waals surface area contributed by atoms with E-state index in [1.54, 1.807) is 30.5 Å². The number of fused-ring (bicyclic) bond motifs is 1. The van der Waals surface area contributed by atoms with Crippen molar-refractivity contribution in [3.8, 4) is 0 Å². The van der Waals surface area contributed by atoms with E-state index in [9.17, 15) is 9.59 Å². The highest BCUT2D eigenvalue weighted by molar-refractivity contribution is 6.05. The Morgan fingerprint density at radius 1 is 0.735 bits per heavy atom. The zero-order valence-corrected chi connectivity index (χ0v) is 19.5. The van der Waals surface area contributed by atoms with Crippen molar-refractivity contribution in [3.63, 3.8) is 0 Å². The zero-order chi connectivity index (χ0) is 24.1. The molecule has 0 radical (unpaired) electrons. The molecular formula is C29H27N3O2. The molecule has 0 saturated carbocycles. The fourth-order valence-corrected chi connectivity index (χ4v) is 3.62. The number of hydrogen-bond acceptors (Lipinski definition) is 3. The van der Waals surface area contributed by atoms with Crippen molar-refractivity contribution >= 4 is 34.5 Å². The molecule has 0 atom stereocenters. The molecule has 0 saturated heterocycles. The molecule has 0 aliphatic rings. The first-order valence-electron chi connectivity index (χ1n) is 11.1. The Hall–Kier alpha value is -4.25. The summed E-state index contributed by atoms with van der Waals surface area (Å²) >= 11 is 0. The van der Waals surface area contributed by atoms with Gasteiger partial charge in [-0.1, -0.05) is 75.4 Å². The van der Waals surface area contributed by atoms with Crippen LogP contribution in [-0.2, 0) is 5.41 Å². The van der Waals surface area contributed by atoms with E-state index in [0.717, 1.165) is 16.3 Å². The molecule has 0 fully saturated rings. The normalized spacial score (nSPS) is 11.5. The minimum Gasteiger partial charge on any atom is -0.322 e. The molecule has 4 aromatic carbocycles. The van der Waals surface area contributed by atoms with Gasteiger partial charge in [-0.3, -0.25) is 9.59 Å². The van der Waals surface area contributed by atoms with Gasteiger partial charge in [-0.25, -0.2) is 5.43 Å². The number of amides is 2. The average molecular weight is 450 g/mol. The second-order valence-electron chi connectivity index (χ2n) is 9.13. The lowest BCUT2D eigenvalue weighted by Gasteiger charge is -2.19. The number of nitrogens with one attached hydrogen (secondary N) is 2. The van der Waals surface area contributed by atoms with E-state index in [-0.39, 0.29) is 17.2 Å². The van der Waals surface area contributed by atoms with Crippen LogP contribution in [0.4, 0.5) is 5.69 Å². The lowest BCUT2D eigenvalue weighted by Crippen LogP contribution is -2.18. The van der Waals surface area contributed by atoms with E-state index in [4.69, 9.17) is 0 Å². The molecule has 0 heterocycles. The lowest BCUT2D eigenvalue weighted by atomic mass is 9.87. The third-order valence-corrected chi connectivity index (χ3v) is 5.61. The van der Waals surface area contributed by atoms with Gasteiger partial charge in [-0.2, -0.15) is 5.10 Å². The lowest BCUT2D eigenvalue weighted by molar-refractivity contribution is 0.0954. The molecule has 170 valence electrons. The first kappa shape index (κ1) is 22.9. The maximum atomic E-state index is 12.6. The van der Waals surface area contributed by atoms with Gasteiger partial charge in [0.05, 0.1) is 6.21 Å². The second kappa shape index (κ2) is 9.71. The predicted molar refractivity (Wildman–Crippen MR) is 139 cm³/mol. The second-order valence-corrected chi connectivity index (χ2v) is 9.13. The Labute approximate surface area is 199 Å². The molecule has 5 nitrogen and oxygen atoms in total. The van der Waals surface area contributed by atoms with Gasteiger partial charge in [-0.05, 0) is 58.1 Å². The zero-order valence-electron chi connectivity index (χ0n) is 19.5. The van der Waals surface area contributed by atoms with E-state index >= 15 is 0 Å². The molecule has 2 amide bonds. The molecule has 0 bridgehead atoms. The summed E-state index contributed by atoms with van der Waals surface area (Å²) in [6.45, 7) is 6.40. The molecule has 0 unspecified atom stereocenters. The van der Waals surface area contributed by atoms with Crippen LogP contribution >= 0.6 is 0 Å². The van der Waals surface area contributed by atoms with Crippen LogP contribution in [0.5, 0.6) is 0 Å². The summed E-state index contributed by atoms with van der Waals surface area (Å²) in [5, 5.41) is 9.15. The Kier molecular flexibility index (Phi) is 6.55. The molecule has 34 heavy (non-hydrogen) atoms. The SMILES string of the molecule is CC(C)(C)c1ccc(C(=O)Nc2ccc(C(=O)N/N=C/c3cccc4ccccc34)cc2)cc1. The van der Waals surface area contributed by atoms with Crippen LogP contribution in [0, 0.1) is 0 Å². The Bertz CT molecular complexity index is 1340. The largest absolute Gasteiger partial charge is 0.322 e.